The van der Waals surface area contributed by atoms with Crippen LogP contribution < -0.4 is 15.8 Å². The minimum atomic E-state index is -0.232. The fourth-order valence-electron chi connectivity index (χ4n) is 3.04. The van der Waals surface area contributed by atoms with E-state index >= 15 is 0 Å². The van der Waals surface area contributed by atoms with Crippen molar-refractivity contribution in [2.45, 2.75) is 64.1 Å². The van der Waals surface area contributed by atoms with E-state index in [0.717, 1.165) is 42.6 Å². The molecule has 1 aromatic rings. The summed E-state index contributed by atoms with van der Waals surface area (Å²) in [5, 5.41) is 3.23. The van der Waals surface area contributed by atoms with Gasteiger partial charge in [0.1, 0.15) is 11.4 Å². The second kappa shape index (κ2) is 5.58. The van der Waals surface area contributed by atoms with E-state index in [1.165, 1.54) is 0 Å². The van der Waals surface area contributed by atoms with E-state index in [0.29, 0.717) is 0 Å². The van der Waals surface area contributed by atoms with Crippen LogP contribution in [0.1, 0.15) is 69.7 Å². The Kier molecular flexibility index (Phi) is 3.89. The van der Waals surface area contributed by atoms with Gasteiger partial charge in [0.15, 0.2) is 0 Å². The van der Waals surface area contributed by atoms with Gasteiger partial charge in [0.25, 0.3) is 0 Å². The Morgan fingerprint density at radius 3 is 2.82 bits per heavy atom. The van der Waals surface area contributed by atoms with E-state index in [1.807, 2.05) is 19.1 Å². The third-order valence-electron chi connectivity index (χ3n) is 4.94. The summed E-state index contributed by atoms with van der Waals surface area (Å²) < 4.78 is 6.20. The zero-order valence-corrected chi connectivity index (χ0v) is 13.7. The molecule has 0 aromatic heterocycles. The van der Waals surface area contributed by atoms with Gasteiger partial charge in [-0.1, -0.05) is 13.0 Å². The van der Waals surface area contributed by atoms with E-state index in [1.54, 1.807) is 0 Å². The Labute approximate surface area is 132 Å². The number of ether oxygens (including phenoxy) is 1. The molecule has 0 saturated heterocycles. The number of amides is 1. The van der Waals surface area contributed by atoms with Gasteiger partial charge in [0.2, 0.25) is 5.91 Å². The minimum absolute atomic E-state index is 0.0144. The van der Waals surface area contributed by atoms with Crippen molar-refractivity contribution in [1.82, 2.24) is 5.32 Å². The molecule has 3 unspecified atom stereocenters. The normalized spacial score (nSPS) is 28.5. The summed E-state index contributed by atoms with van der Waals surface area (Å²) in [4.78, 5) is 12.2. The molecule has 22 heavy (non-hydrogen) atoms. The van der Waals surface area contributed by atoms with Crippen LogP contribution in [0.15, 0.2) is 18.2 Å². The molecule has 1 aliphatic carbocycles. The largest absolute Gasteiger partial charge is 0.487 e. The number of fused-ring (bicyclic) bond motifs is 1. The summed E-state index contributed by atoms with van der Waals surface area (Å²) in [6, 6.07) is 6.10. The van der Waals surface area contributed by atoms with Crippen LogP contribution in [0.3, 0.4) is 0 Å². The van der Waals surface area contributed by atoms with Gasteiger partial charge in [-0.2, -0.15) is 0 Å². The molecule has 3 rings (SSSR count). The number of hydrogen-bond acceptors (Lipinski definition) is 3. The molecule has 3 N–H and O–H groups in total. The SMILES string of the molecule is CCC1(C)CC(NC(=O)C2CC2)c2cc(C(C)N)ccc2O1. The molecule has 4 nitrogen and oxygen atoms in total. The van der Waals surface area contributed by atoms with Gasteiger partial charge in [0.05, 0.1) is 6.04 Å². The first kappa shape index (κ1) is 15.3. The van der Waals surface area contributed by atoms with Crippen LogP contribution in [0.2, 0.25) is 0 Å². The summed E-state index contributed by atoms with van der Waals surface area (Å²) in [5.41, 5.74) is 7.91. The number of benzene rings is 1. The summed E-state index contributed by atoms with van der Waals surface area (Å²) >= 11 is 0. The molecule has 0 spiro atoms. The molecule has 120 valence electrons. The standard InChI is InChI=1S/C18H26N2O2/c1-4-18(3)10-15(20-17(21)12-5-6-12)14-9-13(11(2)19)7-8-16(14)22-18/h7-9,11-12,15H,4-6,10,19H2,1-3H3,(H,20,21). The maximum Gasteiger partial charge on any atom is 0.223 e. The van der Waals surface area contributed by atoms with Crippen molar-refractivity contribution < 1.29 is 9.53 Å². The molecule has 3 atom stereocenters. The Morgan fingerprint density at radius 2 is 2.23 bits per heavy atom. The first-order valence-electron chi connectivity index (χ1n) is 8.30. The van der Waals surface area contributed by atoms with E-state index in [9.17, 15) is 4.79 Å². The molecule has 0 bridgehead atoms. The summed E-state index contributed by atoms with van der Waals surface area (Å²) in [5.74, 6) is 1.28. The summed E-state index contributed by atoms with van der Waals surface area (Å²) in [6.45, 7) is 6.21. The van der Waals surface area contributed by atoms with Crippen LogP contribution in [0, 0.1) is 5.92 Å². The second-order valence-electron chi connectivity index (χ2n) is 7.03. The maximum absolute atomic E-state index is 12.2. The van der Waals surface area contributed by atoms with Gasteiger partial charge in [-0.05, 0) is 50.8 Å². The number of nitrogens with one attached hydrogen (secondary N) is 1. The van der Waals surface area contributed by atoms with Gasteiger partial charge in [-0.25, -0.2) is 0 Å². The zero-order chi connectivity index (χ0) is 15.9. The molecule has 4 heteroatoms. The third kappa shape index (κ3) is 2.98. The van der Waals surface area contributed by atoms with Crippen molar-refractivity contribution in [1.29, 1.82) is 0 Å². The Morgan fingerprint density at radius 1 is 1.50 bits per heavy atom. The van der Waals surface area contributed by atoms with Gasteiger partial charge >= 0.3 is 0 Å². The molecule has 1 aliphatic heterocycles. The Hall–Kier alpha value is -1.55. The summed E-state index contributed by atoms with van der Waals surface area (Å²) in [6.07, 6.45) is 3.76. The number of carbonyl (C=O) groups is 1. The molecule has 0 radical (unpaired) electrons. The Balaban J connectivity index is 1.93. The van der Waals surface area contributed by atoms with Gasteiger partial charge in [0, 0.05) is 23.9 Å². The van der Waals surface area contributed by atoms with E-state index in [-0.39, 0.29) is 29.5 Å². The highest BCUT2D eigenvalue weighted by atomic mass is 16.5. The lowest BCUT2D eigenvalue weighted by Crippen LogP contribution is -2.43. The quantitative estimate of drug-likeness (QED) is 0.897. The van der Waals surface area contributed by atoms with Crippen LogP contribution in [-0.4, -0.2) is 11.5 Å². The van der Waals surface area contributed by atoms with Crippen LogP contribution in [0.5, 0.6) is 5.75 Å². The highest BCUT2D eigenvalue weighted by molar-refractivity contribution is 5.81. The highest BCUT2D eigenvalue weighted by Gasteiger charge is 2.39. The average molecular weight is 302 g/mol. The van der Waals surface area contributed by atoms with Gasteiger partial charge < -0.3 is 15.8 Å². The number of nitrogens with two attached hydrogens (primary N) is 1. The predicted octanol–water partition coefficient (Wildman–Crippen LogP) is 3.22. The smallest absolute Gasteiger partial charge is 0.223 e. The maximum atomic E-state index is 12.2. The monoisotopic (exact) mass is 302 g/mol. The van der Waals surface area contributed by atoms with Crippen LogP contribution in [-0.2, 0) is 4.79 Å². The summed E-state index contributed by atoms with van der Waals surface area (Å²) in [7, 11) is 0. The molecular formula is C18H26N2O2. The lowest BCUT2D eigenvalue weighted by molar-refractivity contribution is -0.123. The average Bonchev–Trinajstić information content (AvgIpc) is 3.31. The molecule has 1 fully saturated rings. The van der Waals surface area contributed by atoms with Crippen molar-refractivity contribution in [3.05, 3.63) is 29.3 Å². The van der Waals surface area contributed by atoms with Crippen LogP contribution in [0.4, 0.5) is 0 Å². The highest BCUT2D eigenvalue weighted by Crippen LogP contribution is 2.42. The number of rotatable bonds is 4. The second-order valence-corrected chi connectivity index (χ2v) is 7.03. The van der Waals surface area contributed by atoms with Crippen LogP contribution in [0.25, 0.3) is 0 Å². The van der Waals surface area contributed by atoms with E-state index in [2.05, 4.69) is 25.2 Å². The van der Waals surface area contributed by atoms with Crippen molar-refractivity contribution >= 4 is 5.91 Å². The number of hydrogen-bond donors (Lipinski definition) is 2. The molecule has 1 saturated carbocycles. The molecule has 1 amide bonds. The first-order chi connectivity index (χ1) is 10.4. The molecule has 2 aliphatic rings. The lowest BCUT2D eigenvalue weighted by atomic mass is 9.85. The minimum Gasteiger partial charge on any atom is -0.487 e. The van der Waals surface area contributed by atoms with Gasteiger partial charge in [-0.15, -0.1) is 0 Å². The fourth-order valence-corrected chi connectivity index (χ4v) is 3.04. The van der Waals surface area contributed by atoms with E-state index < -0.39 is 0 Å². The molecule has 1 aromatic carbocycles. The fraction of sp³-hybridized carbons (Fsp3) is 0.611. The van der Waals surface area contributed by atoms with Crippen molar-refractivity contribution in [2.75, 3.05) is 0 Å². The van der Waals surface area contributed by atoms with Crippen molar-refractivity contribution in [3.63, 3.8) is 0 Å². The predicted molar refractivity (Wildman–Crippen MR) is 86.6 cm³/mol. The lowest BCUT2D eigenvalue weighted by Gasteiger charge is -2.40. The molecular weight excluding hydrogens is 276 g/mol. The van der Waals surface area contributed by atoms with Crippen LogP contribution >= 0.6 is 0 Å². The third-order valence-corrected chi connectivity index (χ3v) is 4.94. The van der Waals surface area contributed by atoms with Crippen molar-refractivity contribution in [3.8, 4) is 5.75 Å². The van der Waals surface area contributed by atoms with E-state index in [4.69, 9.17) is 10.5 Å². The first-order valence-corrected chi connectivity index (χ1v) is 8.30. The topological polar surface area (TPSA) is 64.4 Å². The number of carbonyl (C=O) groups excluding carboxylic acids is 1. The molecule has 1 heterocycles. The zero-order valence-electron chi connectivity index (χ0n) is 13.7. The Bertz CT molecular complexity index is 580. The van der Waals surface area contributed by atoms with Crippen molar-refractivity contribution in [2.24, 2.45) is 11.7 Å². The van der Waals surface area contributed by atoms with Gasteiger partial charge in [-0.3, -0.25) is 4.79 Å².